The van der Waals surface area contributed by atoms with Gasteiger partial charge in [-0.05, 0) is 75.3 Å². The van der Waals surface area contributed by atoms with Gasteiger partial charge in [-0.2, -0.15) is 0 Å². The first-order valence-electron chi connectivity index (χ1n) is 10.4. The molecule has 4 aliphatic rings. The first kappa shape index (κ1) is 20.6. The van der Waals surface area contributed by atoms with Gasteiger partial charge in [0.25, 0.3) is 5.91 Å². The Kier molecular flexibility index (Phi) is 5.42. The zero-order chi connectivity index (χ0) is 21.5. The van der Waals surface area contributed by atoms with Crippen LogP contribution >= 0.6 is 0 Å². The van der Waals surface area contributed by atoms with E-state index < -0.39 is 29.8 Å². The normalized spacial score (nSPS) is 29.8. The molecule has 0 unspecified atom stereocenters. The first-order chi connectivity index (χ1) is 14.3. The van der Waals surface area contributed by atoms with E-state index in [-0.39, 0.29) is 16.9 Å². The highest BCUT2D eigenvalue weighted by Crippen LogP contribution is 2.55. The third-order valence-electron chi connectivity index (χ3n) is 6.70. The van der Waals surface area contributed by atoms with Gasteiger partial charge in [-0.3, -0.25) is 10.1 Å². The van der Waals surface area contributed by atoms with Crippen molar-refractivity contribution < 1.29 is 28.2 Å². The summed E-state index contributed by atoms with van der Waals surface area (Å²) in [5.74, 6) is -0.314. The standard InChI is InChI=1S/C22H27FN2O5/c1-12(30-20(27)17-4-3-16(29-2)8-18(17)23)19(26)24-21(28)25-22-9-13-5-14(10-22)7-15(6-13)11-22/h3-4,8,12-15H,5-7,9-11H2,1-2H3,(H2,24,25,26,28)/t12-,13?,14?,15?,22?/m1/s1. The predicted octanol–water partition coefficient (Wildman–Crippen LogP) is 3.17. The quantitative estimate of drug-likeness (QED) is 0.717. The topological polar surface area (TPSA) is 93.7 Å². The summed E-state index contributed by atoms with van der Waals surface area (Å²) in [4.78, 5) is 37.0. The number of amides is 3. The van der Waals surface area contributed by atoms with Crippen molar-refractivity contribution in [2.24, 2.45) is 17.8 Å². The van der Waals surface area contributed by atoms with E-state index in [1.54, 1.807) is 0 Å². The monoisotopic (exact) mass is 418 g/mol. The maximum Gasteiger partial charge on any atom is 0.341 e. The van der Waals surface area contributed by atoms with Gasteiger partial charge in [0, 0.05) is 11.6 Å². The molecule has 162 valence electrons. The fraction of sp³-hybridized carbons (Fsp3) is 0.591. The molecule has 5 rings (SSSR count). The number of esters is 1. The van der Waals surface area contributed by atoms with Crippen LogP contribution in [-0.2, 0) is 9.53 Å². The SMILES string of the molecule is COc1ccc(C(=O)O[C@H](C)C(=O)NC(=O)NC23CC4CC(CC(C4)C2)C3)c(F)c1. The smallest absolute Gasteiger partial charge is 0.341 e. The molecule has 0 aromatic heterocycles. The van der Waals surface area contributed by atoms with Crippen LogP contribution in [0.1, 0.15) is 55.8 Å². The molecule has 3 amide bonds. The molecule has 0 heterocycles. The molecule has 0 saturated heterocycles. The second-order valence-electron chi connectivity index (χ2n) is 9.03. The van der Waals surface area contributed by atoms with Gasteiger partial charge in [0.15, 0.2) is 6.10 Å². The number of hydrogen-bond donors (Lipinski definition) is 2. The van der Waals surface area contributed by atoms with Crippen LogP contribution in [0.25, 0.3) is 0 Å². The van der Waals surface area contributed by atoms with Gasteiger partial charge in [-0.25, -0.2) is 14.0 Å². The molecule has 2 N–H and O–H groups in total. The summed E-state index contributed by atoms with van der Waals surface area (Å²) >= 11 is 0. The maximum absolute atomic E-state index is 14.0. The number of halogens is 1. The van der Waals surface area contributed by atoms with Gasteiger partial charge >= 0.3 is 12.0 Å². The van der Waals surface area contributed by atoms with Gasteiger partial charge in [0.05, 0.1) is 12.7 Å². The lowest BCUT2D eigenvalue weighted by Crippen LogP contribution is -2.62. The Balaban J connectivity index is 1.31. The zero-order valence-corrected chi connectivity index (χ0v) is 17.2. The fourth-order valence-electron chi connectivity index (χ4n) is 5.82. The summed E-state index contributed by atoms with van der Waals surface area (Å²) < 4.78 is 23.9. The van der Waals surface area contributed by atoms with Gasteiger partial charge < -0.3 is 14.8 Å². The molecular weight excluding hydrogens is 391 g/mol. The summed E-state index contributed by atoms with van der Waals surface area (Å²) in [6, 6.07) is 3.13. The van der Waals surface area contributed by atoms with Crippen molar-refractivity contribution in [1.82, 2.24) is 10.6 Å². The van der Waals surface area contributed by atoms with Crippen molar-refractivity contribution in [1.29, 1.82) is 0 Å². The van der Waals surface area contributed by atoms with E-state index in [0.29, 0.717) is 17.8 Å². The van der Waals surface area contributed by atoms with Crippen molar-refractivity contribution in [3.8, 4) is 5.75 Å². The third-order valence-corrected chi connectivity index (χ3v) is 6.70. The van der Waals surface area contributed by atoms with E-state index >= 15 is 0 Å². The Morgan fingerprint density at radius 2 is 1.70 bits per heavy atom. The summed E-state index contributed by atoms with van der Waals surface area (Å²) in [7, 11) is 1.38. The second-order valence-corrected chi connectivity index (χ2v) is 9.03. The number of benzene rings is 1. The number of hydrogen-bond acceptors (Lipinski definition) is 5. The fourth-order valence-corrected chi connectivity index (χ4v) is 5.82. The molecule has 4 aliphatic carbocycles. The average molecular weight is 418 g/mol. The first-order valence-corrected chi connectivity index (χ1v) is 10.4. The molecule has 0 spiro atoms. The van der Waals surface area contributed by atoms with Crippen LogP contribution in [0.3, 0.4) is 0 Å². The molecule has 1 atom stereocenters. The minimum Gasteiger partial charge on any atom is -0.497 e. The van der Waals surface area contributed by atoms with Crippen LogP contribution in [-0.4, -0.2) is 36.7 Å². The number of rotatable bonds is 5. The summed E-state index contributed by atoms with van der Waals surface area (Å²) in [6.45, 7) is 1.34. The van der Waals surface area contributed by atoms with E-state index in [1.807, 2.05) is 0 Å². The molecule has 0 aliphatic heterocycles. The van der Waals surface area contributed by atoms with Crippen LogP contribution in [0.5, 0.6) is 5.75 Å². The van der Waals surface area contributed by atoms with E-state index in [2.05, 4.69) is 10.6 Å². The number of ether oxygens (including phenoxy) is 2. The molecular formula is C22H27FN2O5. The molecule has 0 radical (unpaired) electrons. The van der Waals surface area contributed by atoms with Gasteiger partial charge in [-0.15, -0.1) is 0 Å². The van der Waals surface area contributed by atoms with Crippen LogP contribution in [0.15, 0.2) is 18.2 Å². The van der Waals surface area contributed by atoms with Gasteiger partial charge in [0.1, 0.15) is 11.6 Å². The predicted molar refractivity (Wildman–Crippen MR) is 105 cm³/mol. The molecule has 4 saturated carbocycles. The summed E-state index contributed by atoms with van der Waals surface area (Å²) in [6.07, 6.45) is 5.37. The molecule has 30 heavy (non-hydrogen) atoms. The lowest BCUT2D eigenvalue weighted by molar-refractivity contribution is -0.128. The third kappa shape index (κ3) is 4.13. The van der Waals surface area contributed by atoms with E-state index in [4.69, 9.17) is 9.47 Å². The lowest BCUT2D eigenvalue weighted by atomic mass is 9.53. The second kappa shape index (κ2) is 7.89. The molecule has 1 aromatic rings. The zero-order valence-electron chi connectivity index (χ0n) is 17.2. The minimum atomic E-state index is -1.25. The Labute approximate surface area is 174 Å². The van der Waals surface area contributed by atoms with E-state index in [1.165, 1.54) is 45.4 Å². The van der Waals surface area contributed by atoms with Crippen LogP contribution in [0.4, 0.5) is 9.18 Å². The van der Waals surface area contributed by atoms with Crippen molar-refractivity contribution in [2.75, 3.05) is 7.11 Å². The Hall–Kier alpha value is -2.64. The van der Waals surface area contributed by atoms with Crippen LogP contribution in [0.2, 0.25) is 0 Å². The lowest BCUT2D eigenvalue weighted by Gasteiger charge is -2.56. The molecule has 4 fully saturated rings. The Bertz CT molecular complexity index is 836. The van der Waals surface area contributed by atoms with Crippen molar-refractivity contribution in [3.05, 3.63) is 29.6 Å². The van der Waals surface area contributed by atoms with Crippen molar-refractivity contribution in [2.45, 2.75) is 57.1 Å². The highest BCUT2D eigenvalue weighted by Gasteiger charge is 2.51. The van der Waals surface area contributed by atoms with Gasteiger partial charge in [0.2, 0.25) is 0 Å². The average Bonchev–Trinajstić information content (AvgIpc) is 2.65. The van der Waals surface area contributed by atoms with Crippen molar-refractivity contribution in [3.63, 3.8) is 0 Å². The number of nitrogens with one attached hydrogen (secondary N) is 2. The number of urea groups is 1. The van der Waals surface area contributed by atoms with Crippen LogP contribution < -0.4 is 15.4 Å². The molecule has 1 aromatic carbocycles. The van der Waals surface area contributed by atoms with Crippen molar-refractivity contribution >= 4 is 17.9 Å². The highest BCUT2D eigenvalue weighted by atomic mass is 19.1. The number of imide groups is 1. The number of carbonyl (C=O) groups excluding carboxylic acids is 3. The van der Waals surface area contributed by atoms with E-state index in [9.17, 15) is 18.8 Å². The number of methoxy groups -OCH3 is 1. The maximum atomic E-state index is 14.0. The van der Waals surface area contributed by atoms with E-state index in [0.717, 1.165) is 25.3 Å². The van der Waals surface area contributed by atoms with Crippen LogP contribution in [0, 0.1) is 23.6 Å². The molecule has 4 bridgehead atoms. The summed E-state index contributed by atoms with van der Waals surface area (Å²) in [5.41, 5.74) is -0.543. The summed E-state index contributed by atoms with van der Waals surface area (Å²) in [5, 5.41) is 5.30. The Morgan fingerprint density at radius 3 is 2.23 bits per heavy atom. The minimum absolute atomic E-state index is 0.231. The number of carbonyl (C=O) groups is 3. The van der Waals surface area contributed by atoms with Gasteiger partial charge in [-0.1, -0.05) is 0 Å². The highest BCUT2D eigenvalue weighted by molar-refractivity contribution is 5.98. The molecule has 8 heteroatoms. The Morgan fingerprint density at radius 1 is 1.10 bits per heavy atom. The largest absolute Gasteiger partial charge is 0.497 e. The molecule has 7 nitrogen and oxygen atoms in total.